The van der Waals surface area contributed by atoms with Crippen molar-refractivity contribution in [1.82, 2.24) is 0 Å². The van der Waals surface area contributed by atoms with E-state index in [2.05, 4.69) is 29.8 Å². The molecule has 0 heterocycles. The lowest BCUT2D eigenvalue weighted by Gasteiger charge is -2.41. The Morgan fingerprint density at radius 3 is 1.87 bits per heavy atom. The van der Waals surface area contributed by atoms with Crippen LogP contribution in [0.3, 0.4) is 0 Å². The number of aliphatic hydroxyl groups excluding tert-OH is 1. The highest BCUT2D eigenvalue weighted by Gasteiger charge is 2.49. The van der Waals surface area contributed by atoms with Crippen molar-refractivity contribution in [1.29, 1.82) is 0 Å². The molecule has 158 valence electrons. The van der Waals surface area contributed by atoms with Gasteiger partial charge in [0.15, 0.2) is 0 Å². The second-order valence-electron chi connectivity index (χ2n) is 8.28. The Kier molecular flexibility index (Phi) is 7.53. The van der Waals surface area contributed by atoms with Crippen LogP contribution in [0.2, 0.25) is 5.04 Å². The summed E-state index contributed by atoms with van der Waals surface area (Å²) in [6.45, 7) is 4.46. The molecule has 3 aromatic rings. The molecular formula is C25H29BrO3Si. The summed E-state index contributed by atoms with van der Waals surface area (Å²) in [6, 6.07) is 27.5. The Balaban J connectivity index is 1.73. The van der Waals surface area contributed by atoms with E-state index in [0.29, 0.717) is 12.8 Å². The molecule has 0 saturated carbocycles. The van der Waals surface area contributed by atoms with Crippen LogP contribution in [0.25, 0.3) is 0 Å². The maximum atomic E-state index is 12.2. The van der Waals surface area contributed by atoms with E-state index >= 15 is 0 Å². The molecule has 0 aliphatic carbocycles. The molecular weight excluding hydrogens is 456 g/mol. The van der Waals surface area contributed by atoms with Gasteiger partial charge in [-0.15, -0.1) is 0 Å². The molecule has 2 N–H and O–H groups in total. The van der Waals surface area contributed by atoms with Gasteiger partial charge in [0.2, 0.25) is 0 Å². The topological polar surface area (TPSA) is 49.7 Å². The number of aliphatic hydroxyl groups is 1. The quantitative estimate of drug-likeness (QED) is 0.439. The average molecular weight is 485 g/mol. The average Bonchev–Trinajstić information content (AvgIpc) is 2.78. The van der Waals surface area contributed by atoms with E-state index in [1.165, 1.54) is 0 Å². The number of halogens is 1. The third kappa shape index (κ3) is 5.21. The largest absolute Gasteiger partial charge is 0.491 e. The summed E-state index contributed by atoms with van der Waals surface area (Å²) in [5, 5.41) is 12.1. The van der Waals surface area contributed by atoms with Gasteiger partial charge in [-0.2, -0.15) is 0 Å². The molecule has 0 aliphatic heterocycles. The van der Waals surface area contributed by atoms with Crippen molar-refractivity contribution in [3.8, 4) is 5.75 Å². The molecule has 0 radical (unpaired) electrons. The molecule has 30 heavy (non-hydrogen) atoms. The maximum absolute atomic E-state index is 12.2. The molecule has 1 unspecified atom stereocenters. The van der Waals surface area contributed by atoms with Gasteiger partial charge in [-0.05, 0) is 52.5 Å². The van der Waals surface area contributed by atoms with Gasteiger partial charge in [0.25, 0.3) is 8.32 Å². The van der Waals surface area contributed by atoms with Gasteiger partial charge in [0.1, 0.15) is 12.4 Å². The van der Waals surface area contributed by atoms with Crippen molar-refractivity contribution in [2.75, 3.05) is 6.61 Å². The van der Waals surface area contributed by atoms with Gasteiger partial charge in [-0.25, -0.2) is 0 Å². The van der Waals surface area contributed by atoms with Crippen LogP contribution in [0.1, 0.15) is 26.7 Å². The molecule has 3 nitrogen and oxygen atoms in total. The van der Waals surface area contributed by atoms with Crippen LogP contribution in [-0.4, -0.2) is 30.9 Å². The summed E-state index contributed by atoms with van der Waals surface area (Å²) < 4.78 is 6.71. The van der Waals surface area contributed by atoms with E-state index < -0.39 is 14.4 Å². The lowest BCUT2D eigenvalue weighted by atomic mass is 10.0. The highest BCUT2D eigenvalue weighted by Crippen LogP contribution is 2.40. The SMILES string of the molecule is CC(C)(CCC(O)COc1ccc(Br)cc1)[Si](O)(c1ccccc1)c1ccccc1. The minimum Gasteiger partial charge on any atom is -0.491 e. The second-order valence-corrected chi connectivity index (χ2v) is 13.1. The first-order valence-corrected chi connectivity index (χ1v) is 13.0. The standard InChI is InChI=1S/C25H29BrO3Si/c1-25(2,18-17-21(27)19-29-22-15-13-20(26)14-16-22)30(28,23-9-5-3-6-10-23)24-11-7-4-8-12-24/h3-16,21,27-28H,17-19H2,1-2H3. The van der Waals surface area contributed by atoms with Crippen LogP contribution in [0.5, 0.6) is 5.75 Å². The first-order chi connectivity index (χ1) is 14.3. The summed E-state index contributed by atoms with van der Waals surface area (Å²) >= 11 is 3.40. The van der Waals surface area contributed by atoms with Crippen LogP contribution < -0.4 is 15.1 Å². The van der Waals surface area contributed by atoms with Crippen molar-refractivity contribution >= 4 is 34.6 Å². The van der Waals surface area contributed by atoms with E-state index in [9.17, 15) is 9.90 Å². The van der Waals surface area contributed by atoms with Crippen molar-refractivity contribution in [2.24, 2.45) is 0 Å². The van der Waals surface area contributed by atoms with E-state index in [4.69, 9.17) is 4.74 Å². The van der Waals surface area contributed by atoms with Crippen molar-refractivity contribution < 1.29 is 14.6 Å². The number of hydrogen-bond acceptors (Lipinski definition) is 3. The minimum absolute atomic E-state index is 0.231. The first kappa shape index (κ1) is 22.8. The Bertz CT molecular complexity index is 875. The third-order valence-corrected chi connectivity index (χ3v) is 10.8. The summed E-state index contributed by atoms with van der Waals surface area (Å²) in [5.41, 5.74) is 0. The molecule has 3 rings (SSSR count). The maximum Gasteiger partial charge on any atom is 0.258 e. The smallest absolute Gasteiger partial charge is 0.258 e. The van der Waals surface area contributed by atoms with Gasteiger partial charge >= 0.3 is 0 Å². The summed E-state index contributed by atoms with van der Waals surface area (Å²) in [5.74, 6) is 0.732. The predicted molar refractivity (Wildman–Crippen MR) is 129 cm³/mol. The molecule has 0 saturated heterocycles. The highest BCUT2D eigenvalue weighted by atomic mass is 79.9. The molecule has 0 amide bonds. The molecule has 0 aliphatic rings. The summed E-state index contributed by atoms with van der Waals surface area (Å²) in [7, 11) is -3.05. The Morgan fingerprint density at radius 1 is 0.867 bits per heavy atom. The third-order valence-electron chi connectivity index (χ3n) is 5.72. The zero-order valence-corrected chi connectivity index (χ0v) is 20.0. The number of rotatable bonds is 9. The Hall–Kier alpha value is -1.92. The van der Waals surface area contributed by atoms with Gasteiger partial charge in [0.05, 0.1) is 6.10 Å². The van der Waals surface area contributed by atoms with Crippen LogP contribution >= 0.6 is 15.9 Å². The zero-order valence-electron chi connectivity index (χ0n) is 17.5. The van der Waals surface area contributed by atoms with Gasteiger partial charge in [-0.1, -0.05) is 90.4 Å². The Morgan fingerprint density at radius 2 is 1.37 bits per heavy atom. The summed E-state index contributed by atoms with van der Waals surface area (Å²) in [6.07, 6.45) is 0.640. The predicted octanol–water partition coefficient (Wildman–Crippen LogP) is 4.50. The van der Waals surface area contributed by atoms with E-state index in [-0.39, 0.29) is 11.6 Å². The monoisotopic (exact) mass is 484 g/mol. The van der Waals surface area contributed by atoms with Crippen molar-refractivity contribution in [2.45, 2.75) is 37.8 Å². The molecule has 0 spiro atoms. The lowest BCUT2D eigenvalue weighted by molar-refractivity contribution is 0.0949. The fourth-order valence-electron chi connectivity index (χ4n) is 3.82. The van der Waals surface area contributed by atoms with E-state index in [1.807, 2.05) is 84.9 Å². The van der Waals surface area contributed by atoms with Crippen molar-refractivity contribution in [3.05, 3.63) is 89.4 Å². The van der Waals surface area contributed by atoms with Crippen LogP contribution in [0.4, 0.5) is 0 Å². The van der Waals surface area contributed by atoms with E-state index in [0.717, 1.165) is 20.6 Å². The number of ether oxygens (including phenoxy) is 1. The second kappa shape index (κ2) is 9.92. The summed E-state index contributed by atoms with van der Waals surface area (Å²) in [4.78, 5) is 12.2. The molecule has 0 fully saturated rings. The molecule has 5 heteroatoms. The lowest BCUT2D eigenvalue weighted by Crippen LogP contribution is -2.65. The van der Waals surface area contributed by atoms with Crippen LogP contribution in [-0.2, 0) is 0 Å². The van der Waals surface area contributed by atoms with E-state index in [1.54, 1.807) is 0 Å². The first-order valence-electron chi connectivity index (χ1n) is 10.2. The van der Waals surface area contributed by atoms with Crippen LogP contribution in [0.15, 0.2) is 89.4 Å². The number of benzene rings is 3. The van der Waals surface area contributed by atoms with Gasteiger partial charge < -0.3 is 14.6 Å². The molecule has 1 atom stereocenters. The molecule has 0 bridgehead atoms. The van der Waals surface area contributed by atoms with Gasteiger partial charge in [0, 0.05) is 4.47 Å². The van der Waals surface area contributed by atoms with Gasteiger partial charge in [-0.3, -0.25) is 0 Å². The molecule has 0 aromatic heterocycles. The number of hydrogen-bond donors (Lipinski definition) is 2. The highest BCUT2D eigenvalue weighted by molar-refractivity contribution is 9.10. The van der Waals surface area contributed by atoms with Crippen LogP contribution in [0, 0.1) is 0 Å². The normalized spacial score (nSPS) is 13.1. The zero-order chi connectivity index (χ0) is 21.6. The minimum atomic E-state index is -3.05. The Labute approximate surface area is 188 Å². The molecule has 3 aromatic carbocycles. The van der Waals surface area contributed by atoms with Crippen molar-refractivity contribution in [3.63, 3.8) is 0 Å². The fraction of sp³-hybridized carbons (Fsp3) is 0.280. The fourth-order valence-corrected chi connectivity index (χ4v) is 7.84.